The lowest BCUT2D eigenvalue weighted by Gasteiger charge is -2.12. The molecule has 2 N–H and O–H groups in total. The van der Waals surface area contributed by atoms with Gasteiger partial charge in [-0.2, -0.15) is 0 Å². The first-order valence-electron chi connectivity index (χ1n) is 8.10. The second kappa shape index (κ2) is 9.12. The molecule has 134 valence electrons. The Kier molecular flexibility index (Phi) is 7.16. The van der Waals surface area contributed by atoms with Crippen LogP contribution in [0.15, 0.2) is 29.2 Å². The van der Waals surface area contributed by atoms with E-state index in [4.69, 9.17) is 9.47 Å². The quantitative estimate of drug-likeness (QED) is 0.654. The topological polar surface area (TPSA) is 93.7 Å². The van der Waals surface area contributed by atoms with Crippen LogP contribution >= 0.6 is 0 Å². The van der Waals surface area contributed by atoms with Gasteiger partial charge in [0.15, 0.2) is 0 Å². The fourth-order valence-corrected chi connectivity index (χ4v) is 3.41. The molecular weight excluding hydrogens is 332 g/mol. The first kappa shape index (κ1) is 18.9. The fraction of sp³-hybridized carbons (Fsp3) is 0.562. The van der Waals surface area contributed by atoms with Crippen molar-refractivity contribution in [1.82, 2.24) is 4.72 Å². The molecule has 8 heteroatoms. The van der Waals surface area contributed by atoms with E-state index >= 15 is 0 Å². The Bertz CT molecular complexity index is 624. The van der Waals surface area contributed by atoms with Crippen molar-refractivity contribution >= 4 is 21.6 Å². The number of benzene rings is 1. The number of carbonyl (C=O) groups is 1. The molecule has 1 aromatic carbocycles. The first-order chi connectivity index (χ1) is 11.5. The Morgan fingerprint density at radius 1 is 1.33 bits per heavy atom. The van der Waals surface area contributed by atoms with Gasteiger partial charge in [0.2, 0.25) is 15.9 Å². The number of nitrogens with one attached hydrogen (secondary N) is 2. The molecular formula is C16H24N2O5S. The Morgan fingerprint density at radius 2 is 2.08 bits per heavy atom. The van der Waals surface area contributed by atoms with Crippen LogP contribution in [0.3, 0.4) is 0 Å². The fourth-order valence-electron chi connectivity index (χ4n) is 2.34. The largest absolute Gasteiger partial charge is 0.381 e. The van der Waals surface area contributed by atoms with Crippen LogP contribution in [0.25, 0.3) is 0 Å². The van der Waals surface area contributed by atoms with Crippen LogP contribution in [0.2, 0.25) is 0 Å². The zero-order chi connectivity index (χ0) is 17.4. The molecule has 24 heavy (non-hydrogen) atoms. The van der Waals surface area contributed by atoms with E-state index in [1.165, 1.54) is 12.1 Å². The zero-order valence-electron chi connectivity index (χ0n) is 13.8. The van der Waals surface area contributed by atoms with Crippen molar-refractivity contribution < 1.29 is 22.7 Å². The predicted octanol–water partition coefficient (Wildman–Crippen LogP) is 1.51. The first-order valence-corrected chi connectivity index (χ1v) is 9.58. The van der Waals surface area contributed by atoms with Crippen LogP contribution in [0.1, 0.15) is 26.2 Å². The molecule has 7 nitrogen and oxygen atoms in total. The van der Waals surface area contributed by atoms with Crippen LogP contribution in [0.5, 0.6) is 0 Å². The molecule has 1 heterocycles. The number of rotatable bonds is 9. The molecule has 1 aromatic rings. The number of sulfonamides is 1. The second-order valence-corrected chi connectivity index (χ2v) is 7.27. The monoisotopic (exact) mass is 356 g/mol. The summed E-state index contributed by atoms with van der Waals surface area (Å²) in [6, 6.07) is 6.07. The summed E-state index contributed by atoms with van der Waals surface area (Å²) in [5, 5.41) is 2.70. The molecule has 2 rings (SSSR count). The number of hydrogen-bond donors (Lipinski definition) is 2. The molecule has 0 radical (unpaired) electrons. The lowest BCUT2D eigenvalue weighted by molar-refractivity contribution is -0.117. The molecule has 1 aliphatic rings. The summed E-state index contributed by atoms with van der Waals surface area (Å²) in [4.78, 5) is 11.8. The summed E-state index contributed by atoms with van der Waals surface area (Å²) < 4.78 is 37.5. The average Bonchev–Trinajstić information content (AvgIpc) is 3.07. The minimum Gasteiger partial charge on any atom is -0.381 e. The Labute approximate surface area is 142 Å². The smallest absolute Gasteiger partial charge is 0.240 e. The third-order valence-corrected chi connectivity index (χ3v) is 5.09. The van der Waals surface area contributed by atoms with Crippen LogP contribution in [0.4, 0.5) is 5.69 Å². The van der Waals surface area contributed by atoms with Gasteiger partial charge in [0.1, 0.15) is 0 Å². The van der Waals surface area contributed by atoms with Crippen LogP contribution in [-0.2, 0) is 24.3 Å². The van der Waals surface area contributed by atoms with E-state index in [0.717, 1.165) is 12.8 Å². The van der Waals surface area contributed by atoms with Crippen LogP contribution in [0, 0.1) is 0 Å². The molecule has 1 saturated heterocycles. The molecule has 0 spiro atoms. The maximum atomic E-state index is 12.2. The summed E-state index contributed by atoms with van der Waals surface area (Å²) in [5.41, 5.74) is 0.551. The summed E-state index contributed by atoms with van der Waals surface area (Å²) >= 11 is 0. The maximum Gasteiger partial charge on any atom is 0.240 e. The Hall–Kier alpha value is -1.48. The van der Waals surface area contributed by atoms with Gasteiger partial charge in [-0.3, -0.25) is 4.79 Å². The Balaban J connectivity index is 1.86. The van der Waals surface area contributed by atoms with Crippen LogP contribution in [-0.4, -0.2) is 46.8 Å². The van der Waals surface area contributed by atoms with Crippen molar-refractivity contribution in [3.05, 3.63) is 24.3 Å². The third kappa shape index (κ3) is 5.86. The normalized spacial score (nSPS) is 17.8. The Morgan fingerprint density at radius 3 is 2.71 bits per heavy atom. The highest BCUT2D eigenvalue weighted by Gasteiger charge is 2.20. The SMILES string of the molecule is CCOCCC(=O)Nc1ccc(S(=O)(=O)NC[C@@H]2CCCO2)cc1. The number of carbonyl (C=O) groups excluding carboxylic acids is 1. The van der Waals surface area contributed by atoms with E-state index in [1.54, 1.807) is 12.1 Å². The molecule has 0 unspecified atom stereocenters. The third-order valence-electron chi connectivity index (χ3n) is 3.65. The summed E-state index contributed by atoms with van der Waals surface area (Å²) in [6.07, 6.45) is 2.04. The molecule has 1 aliphatic heterocycles. The maximum absolute atomic E-state index is 12.2. The van der Waals surface area contributed by atoms with E-state index in [9.17, 15) is 13.2 Å². The van der Waals surface area contributed by atoms with Gasteiger partial charge in [0.05, 0.1) is 24.0 Å². The zero-order valence-corrected chi connectivity index (χ0v) is 14.6. The second-order valence-electron chi connectivity index (χ2n) is 5.51. The summed E-state index contributed by atoms with van der Waals surface area (Å²) in [7, 11) is -3.57. The summed E-state index contributed by atoms with van der Waals surface area (Å²) in [6.45, 7) is 3.76. The molecule has 0 aliphatic carbocycles. The van der Waals surface area contributed by atoms with Crippen molar-refractivity contribution in [3.63, 3.8) is 0 Å². The van der Waals surface area contributed by atoms with Crippen LogP contribution < -0.4 is 10.0 Å². The van der Waals surface area contributed by atoms with Crippen molar-refractivity contribution in [3.8, 4) is 0 Å². The lowest BCUT2D eigenvalue weighted by Crippen LogP contribution is -2.31. The minimum absolute atomic E-state index is 0.0522. The van der Waals surface area contributed by atoms with Crippen molar-refractivity contribution in [2.75, 3.05) is 31.7 Å². The van der Waals surface area contributed by atoms with Gasteiger partial charge < -0.3 is 14.8 Å². The van der Waals surface area contributed by atoms with Gasteiger partial charge >= 0.3 is 0 Å². The van der Waals surface area contributed by atoms with Gasteiger partial charge in [0.25, 0.3) is 0 Å². The molecule has 1 amide bonds. The molecule has 1 fully saturated rings. The van der Waals surface area contributed by atoms with Crippen molar-refractivity contribution in [1.29, 1.82) is 0 Å². The number of amides is 1. The minimum atomic E-state index is -3.57. The van der Waals surface area contributed by atoms with Crippen molar-refractivity contribution in [2.45, 2.75) is 37.2 Å². The molecule has 0 saturated carbocycles. The molecule has 0 bridgehead atoms. The van der Waals surface area contributed by atoms with Gasteiger partial charge in [-0.1, -0.05) is 0 Å². The van der Waals surface area contributed by atoms with Crippen molar-refractivity contribution in [2.24, 2.45) is 0 Å². The molecule has 0 aromatic heterocycles. The lowest BCUT2D eigenvalue weighted by atomic mass is 10.2. The van der Waals surface area contributed by atoms with Gasteiger partial charge in [-0.05, 0) is 44.0 Å². The van der Waals surface area contributed by atoms with E-state index in [-0.39, 0.29) is 29.9 Å². The summed E-state index contributed by atoms with van der Waals surface area (Å²) in [5.74, 6) is -0.171. The van der Waals surface area contributed by atoms with E-state index in [2.05, 4.69) is 10.0 Å². The highest BCUT2D eigenvalue weighted by atomic mass is 32.2. The highest BCUT2D eigenvalue weighted by molar-refractivity contribution is 7.89. The number of hydrogen-bond acceptors (Lipinski definition) is 5. The van der Waals surface area contributed by atoms with Gasteiger partial charge in [-0.25, -0.2) is 13.1 Å². The highest BCUT2D eigenvalue weighted by Crippen LogP contribution is 2.16. The van der Waals surface area contributed by atoms with E-state index < -0.39 is 10.0 Å². The molecule has 1 atom stereocenters. The average molecular weight is 356 g/mol. The number of ether oxygens (including phenoxy) is 2. The van der Waals surface area contributed by atoms with Gasteiger partial charge in [-0.15, -0.1) is 0 Å². The number of anilines is 1. The van der Waals surface area contributed by atoms with Gasteiger partial charge in [0, 0.05) is 25.4 Å². The van der Waals surface area contributed by atoms with E-state index in [1.807, 2.05) is 6.92 Å². The predicted molar refractivity (Wildman–Crippen MR) is 90.3 cm³/mol. The standard InChI is InChI=1S/C16H24N2O5S/c1-2-22-11-9-16(19)18-13-5-7-15(8-6-13)24(20,21)17-12-14-4-3-10-23-14/h5-8,14,17H,2-4,9-12H2,1H3,(H,18,19)/t14-/m0/s1. The van der Waals surface area contributed by atoms with E-state index in [0.29, 0.717) is 25.5 Å².